The van der Waals surface area contributed by atoms with E-state index in [1.807, 2.05) is 0 Å². The van der Waals surface area contributed by atoms with Gasteiger partial charge in [-0.2, -0.15) is 5.26 Å². The van der Waals surface area contributed by atoms with E-state index in [-0.39, 0.29) is 5.69 Å². The molecule has 5 heteroatoms. The molecule has 1 aromatic heterocycles. The van der Waals surface area contributed by atoms with E-state index in [1.165, 1.54) is 6.07 Å². The number of hydrogen-bond donors (Lipinski definition) is 1. The quantitative estimate of drug-likeness (QED) is 0.885. The maximum absolute atomic E-state index is 12.8. The zero-order chi connectivity index (χ0) is 13.1. The van der Waals surface area contributed by atoms with E-state index in [0.717, 1.165) is 6.07 Å². The van der Waals surface area contributed by atoms with Gasteiger partial charge in [0, 0.05) is 11.3 Å². The van der Waals surface area contributed by atoms with Crippen molar-refractivity contribution in [1.82, 2.24) is 4.98 Å². The summed E-state index contributed by atoms with van der Waals surface area (Å²) < 4.78 is 25.6. The smallest absolute Gasteiger partial charge is 0.266 e. The van der Waals surface area contributed by atoms with Crippen LogP contribution in [0.15, 0.2) is 41.2 Å². The summed E-state index contributed by atoms with van der Waals surface area (Å²) >= 11 is 0. The van der Waals surface area contributed by atoms with Crippen molar-refractivity contribution in [2.24, 2.45) is 0 Å². The SMILES string of the molecule is N#Cc1c(C(F)F)cc(-c2ccccc2)[nH]c1=O. The van der Waals surface area contributed by atoms with Crippen molar-refractivity contribution in [3.05, 3.63) is 57.9 Å². The van der Waals surface area contributed by atoms with Crippen LogP contribution in [-0.2, 0) is 0 Å². The summed E-state index contributed by atoms with van der Waals surface area (Å²) in [6.45, 7) is 0. The number of nitriles is 1. The molecular formula is C13H8F2N2O. The first-order chi connectivity index (χ1) is 8.63. The molecule has 0 radical (unpaired) electrons. The predicted octanol–water partition coefficient (Wildman–Crippen LogP) is 2.85. The second-order valence-corrected chi connectivity index (χ2v) is 3.62. The van der Waals surface area contributed by atoms with Crippen LogP contribution in [-0.4, -0.2) is 4.98 Å². The molecule has 1 N–H and O–H groups in total. The molecule has 0 saturated heterocycles. The van der Waals surface area contributed by atoms with E-state index in [9.17, 15) is 13.6 Å². The van der Waals surface area contributed by atoms with Crippen LogP contribution in [0.25, 0.3) is 11.3 Å². The van der Waals surface area contributed by atoms with Gasteiger partial charge in [0.05, 0.1) is 0 Å². The van der Waals surface area contributed by atoms with Gasteiger partial charge in [0.15, 0.2) is 0 Å². The number of aromatic nitrogens is 1. The zero-order valence-electron chi connectivity index (χ0n) is 9.15. The summed E-state index contributed by atoms with van der Waals surface area (Å²) in [7, 11) is 0. The Balaban J connectivity index is 2.67. The number of halogens is 2. The van der Waals surface area contributed by atoms with Crippen LogP contribution in [0.1, 0.15) is 17.6 Å². The van der Waals surface area contributed by atoms with Gasteiger partial charge in [0.2, 0.25) is 0 Å². The van der Waals surface area contributed by atoms with Crippen LogP contribution >= 0.6 is 0 Å². The third-order valence-corrected chi connectivity index (χ3v) is 2.50. The minimum Gasteiger partial charge on any atom is -0.321 e. The van der Waals surface area contributed by atoms with Crippen molar-refractivity contribution >= 4 is 0 Å². The molecule has 3 nitrogen and oxygen atoms in total. The van der Waals surface area contributed by atoms with Crippen LogP contribution < -0.4 is 5.56 Å². The zero-order valence-corrected chi connectivity index (χ0v) is 9.15. The lowest BCUT2D eigenvalue weighted by atomic mass is 10.1. The molecule has 0 aliphatic rings. The van der Waals surface area contributed by atoms with Gasteiger partial charge in [-0.3, -0.25) is 4.79 Å². The number of H-pyrrole nitrogens is 1. The predicted molar refractivity (Wildman–Crippen MR) is 62.2 cm³/mol. The number of nitrogens with one attached hydrogen (secondary N) is 1. The lowest BCUT2D eigenvalue weighted by molar-refractivity contribution is 0.151. The topological polar surface area (TPSA) is 56.6 Å². The second kappa shape index (κ2) is 4.80. The summed E-state index contributed by atoms with van der Waals surface area (Å²) in [5.41, 5.74) is -0.991. The van der Waals surface area contributed by atoms with Gasteiger partial charge in [-0.15, -0.1) is 0 Å². The highest BCUT2D eigenvalue weighted by atomic mass is 19.3. The van der Waals surface area contributed by atoms with Gasteiger partial charge in [-0.1, -0.05) is 30.3 Å². The van der Waals surface area contributed by atoms with E-state index in [0.29, 0.717) is 5.56 Å². The molecule has 0 bridgehead atoms. The monoisotopic (exact) mass is 246 g/mol. The molecule has 0 fully saturated rings. The average Bonchev–Trinajstić information content (AvgIpc) is 2.38. The summed E-state index contributed by atoms with van der Waals surface area (Å²) in [5.74, 6) is 0. The fourth-order valence-electron chi connectivity index (χ4n) is 1.64. The lowest BCUT2D eigenvalue weighted by Gasteiger charge is -2.06. The molecule has 0 spiro atoms. The largest absolute Gasteiger partial charge is 0.321 e. The van der Waals surface area contributed by atoms with Crippen LogP contribution in [0, 0.1) is 11.3 Å². The van der Waals surface area contributed by atoms with Crippen molar-refractivity contribution in [3.8, 4) is 17.3 Å². The van der Waals surface area contributed by atoms with Crippen molar-refractivity contribution in [2.75, 3.05) is 0 Å². The molecule has 1 heterocycles. The normalized spacial score (nSPS) is 10.3. The van der Waals surface area contributed by atoms with Crippen molar-refractivity contribution in [1.29, 1.82) is 5.26 Å². The molecule has 0 atom stereocenters. The molecular weight excluding hydrogens is 238 g/mol. The molecule has 0 amide bonds. The van der Waals surface area contributed by atoms with Gasteiger partial charge in [-0.05, 0) is 11.6 Å². The Morgan fingerprint density at radius 3 is 2.44 bits per heavy atom. The first-order valence-electron chi connectivity index (χ1n) is 5.14. The number of rotatable bonds is 2. The van der Waals surface area contributed by atoms with Crippen molar-refractivity contribution in [3.63, 3.8) is 0 Å². The average molecular weight is 246 g/mol. The van der Waals surface area contributed by atoms with Crippen LogP contribution in [0.5, 0.6) is 0 Å². The van der Waals surface area contributed by atoms with Gasteiger partial charge in [0.1, 0.15) is 11.6 Å². The number of nitrogens with zero attached hydrogens (tertiary/aromatic N) is 1. The number of aromatic amines is 1. The number of alkyl halides is 2. The minimum absolute atomic E-state index is 0.273. The van der Waals surface area contributed by atoms with E-state index < -0.39 is 23.1 Å². The minimum atomic E-state index is -2.86. The number of hydrogen-bond acceptors (Lipinski definition) is 2. The summed E-state index contributed by atoms with van der Waals surface area (Å²) in [6, 6.07) is 11.3. The molecule has 0 saturated carbocycles. The Morgan fingerprint density at radius 2 is 1.89 bits per heavy atom. The van der Waals surface area contributed by atoms with Crippen LogP contribution in [0.2, 0.25) is 0 Å². The van der Waals surface area contributed by atoms with Crippen molar-refractivity contribution < 1.29 is 8.78 Å². The maximum atomic E-state index is 12.8. The second-order valence-electron chi connectivity index (χ2n) is 3.62. The van der Waals surface area contributed by atoms with Crippen molar-refractivity contribution in [2.45, 2.75) is 6.43 Å². The maximum Gasteiger partial charge on any atom is 0.266 e. The van der Waals surface area contributed by atoms with Gasteiger partial charge in [0.25, 0.3) is 12.0 Å². The Hall–Kier alpha value is -2.48. The molecule has 1 aromatic carbocycles. The third kappa shape index (κ3) is 2.13. The molecule has 0 unspecified atom stereocenters. The highest BCUT2D eigenvalue weighted by Gasteiger charge is 2.17. The van der Waals surface area contributed by atoms with E-state index in [1.54, 1.807) is 30.3 Å². The highest BCUT2D eigenvalue weighted by Crippen LogP contribution is 2.24. The Morgan fingerprint density at radius 1 is 1.22 bits per heavy atom. The van der Waals surface area contributed by atoms with Crippen LogP contribution in [0.4, 0.5) is 8.78 Å². The molecule has 90 valence electrons. The molecule has 2 rings (SSSR count). The molecule has 0 aliphatic carbocycles. The molecule has 0 aliphatic heterocycles. The first-order valence-corrected chi connectivity index (χ1v) is 5.14. The summed E-state index contributed by atoms with van der Waals surface area (Å²) in [5, 5.41) is 8.71. The van der Waals surface area contributed by atoms with Gasteiger partial charge >= 0.3 is 0 Å². The van der Waals surface area contributed by atoms with Gasteiger partial charge in [-0.25, -0.2) is 8.78 Å². The Kier molecular flexibility index (Phi) is 3.20. The standard InChI is InChI=1S/C13H8F2N2O/c14-12(15)9-6-11(8-4-2-1-3-5-8)17-13(18)10(9)7-16/h1-6,12H,(H,17,18). The first kappa shape index (κ1) is 12.0. The summed E-state index contributed by atoms with van der Waals surface area (Å²) in [4.78, 5) is 14.0. The number of benzene rings is 1. The van der Waals surface area contributed by atoms with Gasteiger partial charge < -0.3 is 4.98 Å². The molecule has 2 aromatic rings. The highest BCUT2D eigenvalue weighted by molar-refractivity contribution is 5.61. The summed E-state index contributed by atoms with van der Waals surface area (Å²) in [6.07, 6.45) is -2.86. The van der Waals surface area contributed by atoms with E-state index >= 15 is 0 Å². The lowest BCUT2D eigenvalue weighted by Crippen LogP contribution is -2.14. The number of pyridine rings is 1. The van der Waals surface area contributed by atoms with Crippen LogP contribution in [0.3, 0.4) is 0 Å². The molecule has 18 heavy (non-hydrogen) atoms. The Labute approximate surface area is 101 Å². The van der Waals surface area contributed by atoms with E-state index in [4.69, 9.17) is 5.26 Å². The Bertz CT molecular complexity index is 657. The fraction of sp³-hybridized carbons (Fsp3) is 0.0769. The van der Waals surface area contributed by atoms with E-state index in [2.05, 4.69) is 4.98 Å². The fourth-order valence-corrected chi connectivity index (χ4v) is 1.64. The third-order valence-electron chi connectivity index (χ3n) is 2.50.